The Hall–Kier alpha value is -0.660. The van der Waals surface area contributed by atoms with Gasteiger partial charge in [0.2, 0.25) is 0 Å². The van der Waals surface area contributed by atoms with Crippen molar-refractivity contribution in [3.05, 3.63) is 0 Å². The highest BCUT2D eigenvalue weighted by Gasteiger charge is 2.54. The number of rotatable bonds is 2. The first kappa shape index (κ1) is 9.43. The largest absolute Gasteiger partial charge is 0.478 e. The number of hydrogen-bond acceptors (Lipinski definition) is 4. The Morgan fingerprint density at radius 3 is 2.25 bits per heavy atom. The lowest BCUT2D eigenvalue weighted by Crippen LogP contribution is -2.45. The molecule has 0 aromatic carbocycles. The van der Waals surface area contributed by atoms with Crippen molar-refractivity contribution in [3.63, 3.8) is 0 Å². The summed E-state index contributed by atoms with van der Waals surface area (Å²) >= 11 is 0. The average molecular weight is 196 g/mol. The van der Waals surface area contributed by atoms with Gasteiger partial charge in [0.15, 0.2) is 0 Å². The van der Waals surface area contributed by atoms with Crippen LogP contribution in [0.2, 0.25) is 0 Å². The molecule has 0 aromatic heterocycles. The molecule has 1 saturated heterocycles. The molecule has 0 unspecified atom stereocenters. The van der Waals surface area contributed by atoms with Crippen LogP contribution in [0.15, 0.2) is 0 Å². The predicted octanol–water partition coefficient (Wildman–Crippen LogP) is -0.534. The van der Waals surface area contributed by atoms with Gasteiger partial charge in [-0.25, -0.2) is 4.79 Å². The SMILES string of the molecule is O=C(O)[C@]1(S(=O)(=O)O)CCCO1. The summed E-state index contributed by atoms with van der Waals surface area (Å²) in [6.45, 7) is 0.0338. The Morgan fingerprint density at radius 2 is 2.08 bits per heavy atom. The zero-order chi connectivity index (χ0) is 9.41. The fourth-order valence-electron chi connectivity index (χ4n) is 1.10. The van der Waals surface area contributed by atoms with E-state index in [-0.39, 0.29) is 13.0 Å². The maximum absolute atomic E-state index is 10.6. The van der Waals surface area contributed by atoms with E-state index in [0.717, 1.165) is 0 Å². The van der Waals surface area contributed by atoms with E-state index in [1.54, 1.807) is 0 Å². The Kier molecular flexibility index (Phi) is 2.11. The van der Waals surface area contributed by atoms with Crippen LogP contribution in [-0.2, 0) is 19.6 Å². The van der Waals surface area contributed by atoms with E-state index < -0.39 is 21.0 Å². The summed E-state index contributed by atoms with van der Waals surface area (Å²) < 4.78 is 34.4. The van der Waals surface area contributed by atoms with E-state index in [9.17, 15) is 13.2 Å². The van der Waals surface area contributed by atoms with Crippen molar-refractivity contribution in [2.45, 2.75) is 17.8 Å². The van der Waals surface area contributed by atoms with Crippen LogP contribution in [0.4, 0.5) is 0 Å². The van der Waals surface area contributed by atoms with Gasteiger partial charge < -0.3 is 9.84 Å². The Balaban J connectivity index is 3.12. The zero-order valence-electron chi connectivity index (χ0n) is 6.06. The molecule has 12 heavy (non-hydrogen) atoms. The van der Waals surface area contributed by atoms with E-state index in [0.29, 0.717) is 6.42 Å². The van der Waals surface area contributed by atoms with Crippen LogP contribution >= 0.6 is 0 Å². The van der Waals surface area contributed by atoms with Gasteiger partial charge in [-0.05, 0) is 6.42 Å². The molecule has 0 bridgehead atoms. The highest BCUT2D eigenvalue weighted by Crippen LogP contribution is 2.30. The highest BCUT2D eigenvalue weighted by atomic mass is 32.2. The lowest BCUT2D eigenvalue weighted by molar-refractivity contribution is -0.151. The van der Waals surface area contributed by atoms with Crippen LogP contribution in [0, 0.1) is 0 Å². The minimum absolute atomic E-state index is 0.0338. The van der Waals surface area contributed by atoms with E-state index in [1.807, 2.05) is 0 Å². The molecule has 70 valence electrons. The van der Waals surface area contributed by atoms with Gasteiger partial charge in [-0.3, -0.25) is 4.55 Å². The van der Waals surface area contributed by atoms with Crippen LogP contribution in [0.3, 0.4) is 0 Å². The average Bonchev–Trinajstić information content (AvgIpc) is 2.31. The quantitative estimate of drug-likeness (QED) is 0.575. The summed E-state index contributed by atoms with van der Waals surface area (Å²) in [5, 5.41) is 8.54. The van der Waals surface area contributed by atoms with Crippen LogP contribution < -0.4 is 0 Å². The molecule has 0 aromatic rings. The second kappa shape index (κ2) is 2.68. The summed E-state index contributed by atoms with van der Waals surface area (Å²) in [6.07, 6.45) is 0.104. The number of aliphatic carboxylic acids is 1. The maximum Gasteiger partial charge on any atom is 0.354 e. The molecule has 0 saturated carbocycles. The van der Waals surface area contributed by atoms with Crippen molar-refractivity contribution in [1.82, 2.24) is 0 Å². The molecule has 2 N–H and O–H groups in total. The molecule has 1 fully saturated rings. The van der Waals surface area contributed by atoms with Gasteiger partial charge in [-0.1, -0.05) is 0 Å². The first-order chi connectivity index (χ1) is 5.40. The lowest BCUT2D eigenvalue weighted by atomic mass is 10.2. The Morgan fingerprint density at radius 1 is 1.50 bits per heavy atom. The third-order valence-electron chi connectivity index (χ3n) is 1.73. The van der Waals surface area contributed by atoms with Gasteiger partial charge in [0.1, 0.15) is 0 Å². The van der Waals surface area contributed by atoms with Crippen LogP contribution in [-0.4, -0.2) is 35.6 Å². The Labute approximate surface area is 68.9 Å². The van der Waals surface area contributed by atoms with Crippen molar-refractivity contribution < 1.29 is 27.6 Å². The smallest absolute Gasteiger partial charge is 0.354 e. The molecule has 7 heteroatoms. The summed E-state index contributed by atoms with van der Waals surface area (Å²) in [5.74, 6) is -1.66. The second-order valence-electron chi connectivity index (χ2n) is 2.49. The van der Waals surface area contributed by atoms with Gasteiger partial charge in [-0.2, -0.15) is 8.42 Å². The van der Waals surface area contributed by atoms with Crippen LogP contribution in [0.1, 0.15) is 12.8 Å². The van der Waals surface area contributed by atoms with Crippen molar-refractivity contribution in [2.75, 3.05) is 6.61 Å². The molecule has 1 atom stereocenters. The topological polar surface area (TPSA) is 101 Å². The fourth-order valence-corrected chi connectivity index (χ4v) is 1.95. The molecule has 1 rings (SSSR count). The molecule has 0 radical (unpaired) electrons. The van der Waals surface area contributed by atoms with E-state index >= 15 is 0 Å². The first-order valence-electron chi connectivity index (χ1n) is 3.24. The van der Waals surface area contributed by atoms with Gasteiger partial charge in [0.05, 0.1) is 0 Å². The predicted molar refractivity (Wildman–Crippen MR) is 37.1 cm³/mol. The summed E-state index contributed by atoms with van der Waals surface area (Å²) in [7, 11) is -4.69. The van der Waals surface area contributed by atoms with Gasteiger partial charge >= 0.3 is 16.1 Å². The number of carboxylic acid groups (broad SMARTS) is 1. The van der Waals surface area contributed by atoms with Crippen molar-refractivity contribution in [3.8, 4) is 0 Å². The third-order valence-corrected chi connectivity index (χ3v) is 3.06. The molecular formula is C5H8O6S. The first-order valence-corrected chi connectivity index (χ1v) is 4.68. The molecule has 1 heterocycles. The normalized spacial score (nSPS) is 30.4. The van der Waals surface area contributed by atoms with Gasteiger partial charge in [0, 0.05) is 13.0 Å². The number of ether oxygens (including phenoxy) is 1. The molecule has 1 aliphatic heterocycles. The minimum Gasteiger partial charge on any atom is -0.478 e. The molecule has 0 amide bonds. The van der Waals surface area contributed by atoms with Gasteiger partial charge in [-0.15, -0.1) is 0 Å². The van der Waals surface area contributed by atoms with Gasteiger partial charge in [0.25, 0.3) is 4.93 Å². The molecule has 0 aliphatic carbocycles. The summed E-state index contributed by atoms with van der Waals surface area (Å²) in [6, 6.07) is 0. The highest BCUT2D eigenvalue weighted by molar-refractivity contribution is 7.87. The van der Waals surface area contributed by atoms with Crippen LogP contribution in [0.5, 0.6) is 0 Å². The molecular weight excluding hydrogens is 188 g/mol. The fraction of sp³-hybridized carbons (Fsp3) is 0.800. The molecule has 0 spiro atoms. The maximum atomic E-state index is 10.6. The number of hydrogen-bond donors (Lipinski definition) is 2. The van der Waals surface area contributed by atoms with Crippen molar-refractivity contribution >= 4 is 16.1 Å². The standard InChI is InChI=1S/C5H8O6S/c6-4(7)5(12(8,9)10)2-1-3-11-5/h1-3H2,(H,6,7)(H,8,9,10)/t5-/m1/s1. The zero-order valence-corrected chi connectivity index (χ0v) is 6.87. The number of carboxylic acids is 1. The second-order valence-corrected chi connectivity index (χ2v) is 4.09. The van der Waals surface area contributed by atoms with Crippen molar-refractivity contribution in [2.24, 2.45) is 0 Å². The lowest BCUT2D eigenvalue weighted by Gasteiger charge is -2.18. The van der Waals surface area contributed by atoms with Crippen molar-refractivity contribution in [1.29, 1.82) is 0 Å². The Bertz CT molecular complexity index is 285. The monoisotopic (exact) mass is 196 g/mol. The molecule has 1 aliphatic rings. The van der Waals surface area contributed by atoms with Crippen LogP contribution in [0.25, 0.3) is 0 Å². The van der Waals surface area contributed by atoms with E-state index in [1.165, 1.54) is 0 Å². The summed E-state index contributed by atoms with van der Waals surface area (Å²) in [5.41, 5.74) is 0. The third kappa shape index (κ3) is 1.19. The summed E-state index contributed by atoms with van der Waals surface area (Å²) in [4.78, 5) is 8.08. The molecule has 6 nitrogen and oxygen atoms in total. The van der Waals surface area contributed by atoms with E-state index in [4.69, 9.17) is 9.66 Å². The van der Waals surface area contributed by atoms with E-state index in [2.05, 4.69) is 4.74 Å². The number of carbonyl (C=O) groups is 1. The minimum atomic E-state index is -4.69.